The van der Waals surface area contributed by atoms with Crippen LogP contribution in [-0.2, 0) is 4.79 Å². The minimum Gasteiger partial charge on any atom is -0.308 e. The fraction of sp³-hybridized carbons (Fsp3) is 0.375. The Bertz CT molecular complexity index is 376. The van der Waals surface area contributed by atoms with Crippen molar-refractivity contribution < 1.29 is 4.79 Å². The quantitative estimate of drug-likeness (QED) is 0.673. The lowest BCUT2D eigenvalue weighted by atomic mass is 10.3. The third kappa shape index (κ3) is 1.16. The van der Waals surface area contributed by atoms with Gasteiger partial charge in [-0.3, -0.25) is 9.89 Å². The van der Waals surface area contributed by atoms with Crippen LogP contribution in [0.25, 0.3) is 0 Å². The molecule has 2 heterocycles. The standard InChI is InChI=1S/C8H8N4O/c9-4-6-7(5-10-11-6)12-3-1-2-8(12)13/h5H,1-3H2,(H,10,11). The van der Waals surface area contributed by atoms with E-state index in [-0.39, 0.29) is 11.6 Å². The third-order valence-electron chi connectivity index (χ3n) is 2.09. The third-order valence-corrected chi connectivity index (χ3v) is 2.09. The van der Waals surface area contributed by atoms with E-state index in [1.54, 1.807) is 11.1 Å². The van der Waals surface area contributed by atoms with E-state index >= 15 is 0 Å². The van der Waals surface area contributed by atoms with E-state index in [1.807, 2.05) is 6.07 Å². The summed E-state index contributed by atoms with van der Waals surface area (Å²) in [6, 6.07) is 1.94. The van der Waals surface area contributed by atoms with E-state index in [4.69, 9.17) is 5.26 Å². The van der Waals surface area contributed by atoms with Crippen molar-refractivity contribution in [3.63, 3.8) is 0 Å². The van der Waals surface area contributed by atoms with E-state index < -0.39 is 0 Å². The first-order valence-corrected chi connectivity index (χ1v) is 4.07. The molecule has 5 heteroatoms. The van der Waals surface area contributed by atoms with Gasteiger partial charge >= 0.3 is 0 Å². The average Bonchev–Trinajstić information content (AvgIpc) is 2.71. The van der Waals surface area contributed by atoms with Crippen molar-refractivity contribution in [2.75, 3.05) is 11.4 Å². The number of hydrogen-bond acceptors (Lipinski definition) is 3. The van der Waals surface area contributed by atoms with Gasteiger partial charge in [0.2, 0.25) is 5.91 Å². The van der Waals surface area contributed by atoms with Gasteiger partial charge in [-0.1, -0.05) is 0 Å². The molecule has 1 aromatic heterocycles. The molecule has 0 aromatic carbocycles. The van der Waals surface area contributed by atoms with Crippen LogP contribution >= 0.6 is 0 Å². The highest BCUT2D eigenvalue weighted by Crippen LogP contribution is 2.22. The Hall–Kier alpha value is -1.83. The van der Waals surface area contributed by atoms with Gasteiger partial charge in [0.05, 0.1) is 0 Å². The molecular weight excluding hydrogens is 168 g/mol. The van der Waals surface area contributed by atoms with Crippen molar-refractivity contribution in [2.24, 2.45) is 0 Å². The van der Waals surface area contributed by atoms with Crippen molar-refractivity contribution in [3.05, 3.63) is 11.9 Å². The number of nitrogens with zero attached hydrogens (tertiary/aromatic N) is 3. The van der Waals surface area contributed by atoms with Crippen molar-refractivity contribution in [3.8, 4) is 6.07 Å². The molecule has 1 fully saturated rings. The molecule has 0 atom stereocenters. The van der Waals surface area contributed by atoms with Gasteiger partial charge in [0.1, 0.15) is 11.8 Å². The number of hydrogen-bond donors (Lipinski definition) is 1. The van der Waals surface area contributed by atoms with Gasteiger partial charge in [0, 0.05) is 19.2 Å². The molecule has 1 saturated heterocycles. The number of rotatable bonds is 1. The SMILES string of the molecule is N#Cc1n[nH]cc1N1CCCC1=O. The molecule has 5 nitrogen and oxygen atoms in total. The van der Waals surface area contributed by atoms with E-state index in [1.165, 1.54) is 0 Å². The number of aromatic amines is 1. The van der Waals surface area contributed by atoms with Crippen LogP contribution in [0.3, 0.4) is 0 Å². The highest BCUT2D eigenvalue weighted by Gasteiger charge is 2.24. The van der Waals surface area contributed by atoms with Gasteiger partial charge in [-0.15, -0.1) is 0 Å². The van der Waals surface area contributed by atoms with Gasteiger partial charge in [-0.2, -0.15) is 10.4 Å². The molecule has 0 bridgehead atoms. The Morgan fingerprint density at radius 3 is 3.15 bits per heavy atom. The predicted molar refractivity (Wildman–Crippen MR) is 44.9 cm³/mol. The molecule has 1 aliphatic rings. The number of carbonyl (C=O) groups is 1. The van der Waals surface area contributed by atoms with Crippen molar-refractivity contribution in [2.45, 2.75) is 12.8 Å². The van der Waals surface area contributed by atoms with Gasteiger partial charge in [0.25, 0.3) is 0 Å². The molecule has 1 aliphatic heterocycles. The largest absolute Gasteiger partial charge is 0.308 e. The Morgan fingerprint density at radius 1 is 1.69 bits per heavy atom. The highest BCUT2D eigenvalue weighted by molar-refractivity contribution is 5.96. The summed E-state index contributed by atoms with van der Waals surface area (Å²) in [5.41, 5.74) is 0.889. The molecule has 66 valence electrons. The van der Waals surface area contributed by atoms with Gasteiger partial charge in [0.15, 0.2) is 5.69 Å². The van der Waals surface area contributed by atoms with Crippen molar-refractivity contribution in [1.29, 1.82) is 5.26 Å². The number of aromatic nitrogens is 2. The maximum atomic E-state index is 11.3. The van der Waals surface area contributed by atoms with E-state index in [0.29, 0.717) is 18.7 Å². The van der Waals surface area contributed by atoms with Crippen molar-refractivity contribution in [1.82, 2.24) is 10.2 Å². The molecule has 2 rings (SSSR count). The Balaban J connectivity index is 2.35. The first kappa shape index (κ1) is 7.80. The second kappa shape index (κ2) is 2.90. The fourth-order valence-corrected chi connectivity index (χ4v) is 1.47. The molecule has 1 amide bonds. The minimum absolute atomic E-state index is 0.0675. The molecule has 1 N–H and O–H groups in total. The van der Waals surface area contributed by atoms with Crippen LogP contribution in [0.15, 0.2) is 6.20 Å². The van der Waals surface area contributed by atoms with Crippen LogP contribution < -0.4 is 4.90 Å². The smallest absolute Gasteiger partial charge is 0.227 e. The second-order valence-electron chi connectivity index (χ2n) is 2.88. The van der Waals surface area contributed by atoms with Crippen LogP contribution in [0.4, 0.5) is 5.69 Å². The zero-order chi connectivity index (χ0) is 9.26. The van der Waals surface area contributed by atoms with Crippen LogP contribution in [0, 0.1) is 11.3 Å². The lowest BCUT2D eigenvalue weighted by molar-refractivity contribution is -0.117. The van der Waals surface area contributed by atoms with E-state index in [2.05, 4.69) is 10.2 Å². The van der Waals surface area contributed by atoms with Crippen LogP contribution in [-0.4, -0.2) is 22.6 Å². The molecule has 0 radical (unpaired) electrons. The molecule has 0 aliphatic carbocycles. The molecule has 13 heavy (non-hydrogen) atoms. The van der Waals surface area contributed by atoms with E-state index in [0.717, 1.165) is 6.42 Å². The number of carbonyl (C=O) groups excluding carboxylic acids is 1. The number of nitriles is 1. The summed E-state index contributed by atoms with van der Waals surface area (Å²) in [6.45, 7) is 0.688. The first-order valence-electron chi connectivity index (χ1n) is 4.07. The monoisotopic (exact) mass is 176 g/mol. The van der Waals surface area contributed by atoms with Crippen LogP contribution in [0.5, 0.6) is 0 Å². The molecule has 0 unspecified atom stereocenters. The van der Waals surface area contributed by atoms with Crippen LogP contribution in [0.2, 0.25) is 0 Å². The molecule has 0 spiro atoms. The summed E-state index contributed by atoms with van der Waals surface area (Å²) in [4.78, 5) is 12.9. The molecule has 0 saturated carbocycles. The van der Waals surface area contributed by atoms with Crippen LogP contribution in [0.1, 0.15) is 18.5 Å². The summed E-state index contributed by atoms with van der Waals surface area (Å²) in [7, 11) is 0. The topological polar surface area (TPSA) is 72.8 Å². The summed E-state index contributed by atoms with van der Waals surface area (Å²) >= 11 is 0. The fourth-order valence-electron chi connectivity index (χ4n) is 1.47. The van der Waals surface area contributed by atoms with Gasteiger partial charge in [-0.05, 0) is 6.42 Å². The highest BCUT2D eigenvalue weighted by atomic mass is 16.2. The summed E-state index contributed by atoms with van der Waals surface area (Å²) in [5, 5.41) is 15.0. The Labute approximate surface area is 75.0 Å². The molecular formula is C8H8N4O. The zero-order valence-electron chi connectivity index (χ0n) is 6.95. The maximum absolute atomic E-state index is 11.3. The lowest BCUT2D eigenvalue weighted by Crippen LogP contribution is -2.23. The summed E-state index contributed by atoms with van der Waals surface area (Å²) in [5.74, 6) is 0.0675. The molecule has 1 aromatic rings. The first-order chi connectivity index (χ1) is 6.33. The zero-order valence-corrected chi connectivity index (χ0v) is 6.95. The minimum atomic E-state index is 0.0675. The maximum Gasteiger partial charge on any atom is 0.227 e. The summed E-state index contributed by atoms with van der Waals surface area (Å²) < 4.78 is 0. The van der Waals surface area contributed by atoms with E-state index in [9.17, 15) is 4.79 Å². The number of nitrogens with one attached hydrogen (secondary N) is 1. The second-order valence-corrected chi connectivity index (χ2v) is 2.88. The van der Waals surface area contributed by atoms with Gasteiger partial charge < -0.3 is 4.90 Å². The average molecular weight is 176 g/mol. The van der Waals surface area contributed by atoms with Crippen molar-refractivity contribution >= 4 is 11.6 Å². The summed E-state index contributed by atoms with van der Waals surface area (Å²) in [6.07, 6.45) is 3.01. The van der Waals surface area contributed by atoms with Gasteiger partial charge in [-0.25, -0.2) is 0 Å². The number of anilines is 1. The lowest BCUT2D eigenvalue weighted by Gasteiger charge is -2.12. The normalized spacial score (nSPS) is 16.2. The Kier molecular flexibility index (Phi) is 1.74. The predicted octanol–water partition coefficient (Wildman–Crippen LogP) is 0.408. The number of H-pyrrole nitrogens is 1. The Morgan fingerprint density at radius 2 is 2.54 bits per heavy atom. The number of amides is 1.